The molecule has 2 aromatic rings. The van der Waals surface area contributed by atoms with Gasteiger partial charge in [0.15, 0.2) is 0 Å². The number of aliphatic hydroxyl groups excluding tert-OH is 1. The maximum absolute atomic E-state index is 9.92. The van der Waals surface area contributed by atoms with Gasteiger partial charge in [-0.25, -0.2) is 0 Å². The van der Waals surface area contributed by atoms with E-state index >= 15 is 0 Å². The smallest absolute Gasteiger partial charge is 0.0571 e. The van der Waals surface area contributed by atoms with Crippen LogP contribution in [0.3, 0.4) is 0 Å². The second-order valence-electron chi connectivity index (χ2n) is 5.24. The van der Waals surface area contributed by atoms with Gasteiger partial charge in [-0.05, 0) is 36.8 Å². The maximum Gasteiger partial charge on any atom is 0.0571 e. The van der Waals surface area contributed by atoms with E-state index in [2.05, 4.69) is 42.1 Å². The molecule has 0 spiro atoms. The van der Waals surface area contributed by atoms with Crippen LogP contribution in [0.15, 0.2) is 30.5 Å². The zero-order valence-electron chi connectivity index (χ0n) is 10.3. The van der Waals surface area contributed by atoms with Crippen LogP contribution in [-0.2, 0) is 13.5 Å². The quantitative estimate of drug-likeness (QED) is 0.841. The molecule has 1 aromatic heterocycles. The van der Waals surface area contributed by atoms with Crippen molar-refractivity contribution in [3.63, 3.8) is 0 Å². The predicted molar refractivity (Wildman–Crippen MR) is 70.0 cm³/mol. The lowest BCUT2D eigenvalue weighted by Gasteiger charge is -2.13. The number of fused-ring (bicyclic) bond motifs is 1. The first-order valence-electron chi connectivity index (χ1n) is 6.46. The van der Waals surface area contributed by atoms with E-state index in [0.717, 1.165) is 12.8 Å². The molecule has 0 radical (unpaired) electrons. The van der Waals surface area contributed by atoms with Gasteiger partial charge in [-0.3, -0.25) is 0 Å². The number of benzene rings is 1. The van der Waals surface area contributed by atoms with Crippen LogP contribution in [-0.4, -0.2) is 15.8 Å². The Kier molecular flexibility index (Phi) is 2.67. The van der Waals surface area contributed by atoms with E-state index in [1.807, 2.05) is 0 Å². The van der Waals surface area contributed by atoms with Crippen molar-refractivity contribution in [1.82, 2.24) is 4.57 Å². The molecule has 1 heterocycles. The Morgan fingerprint density at radius 2 is 2.12 bits per heavy atom. The number of aliphatic hydroxyl groups is 1. The largest absolute Gasteiger partial charge is 0.393 e. The lowest BCUT2D eigenvalue weighted by Crippen LogP contribution is -2.15. The molecule has 3 rings (SSSR count). The number of para-hydroxylation sites is 1. The Morgan fingerprint density at radius 3 is 2.88 bits per heavy atom. The normalized spacial score (nSPS) is 24.6. The third-order valence-electron chi connectivity index (χ3n) is 4.08. The van der Waals surface area contributed by atoms with Gasteiger partial charge in [0, 0.05) is 24.1 Å². The summed E-state index contributed by atoms with van der Waals surface area (Å²) in [6, 6.07) is 8.52. The minimum atomic E-state index is -0.0889. The Balaban J connectivity index is 1.95. The van der Waals surface area contributed by atoms with Gasteiger partial charge < -0.3 is 9.67 Å². The number of hydrogen-bond donors (Lipinski definition) is 1. The van der Waals surface area contributed by atoms with E-state index < -0.39 is 0 Å². The minimum absolute atomic E-state index is 0.0889. The topological polar surface area (TPSA) is 25.2 Å². The molecule has 1 aliphatic carbocycles. The van der Waals surface area contributed by atoms with Crippen LogP contribution in [0.25, 0.3) is 10.9 Å². The maximum atomic E-state index is 9.92. The molecule has 1 saturated carbocycles. The molecule has 0 bridgehead atoms. The van der Waals surface area contributed by atoms with E-state index in [1.54, 1.807) is 0 Å². The van der Waals surface area contributed by atoms with Crippen molar-refractivity contribution in [2.45, 2.75) is 31.8 Å². The van der Waals surface area contributed by atoms with E-state index in [1.165, 1.54) is 29.3 Å². The van der Waals surface area contributed by atoms with Crippen molar-refractivity contribution in [2.24, 2.45) is 13.0 Å². The molecule has 90 valence electrons. The van der Waals surface area contributed by atoms with Gasteiger partial charge in [-0.2, -0.15) is 0 Å². The first kappa shape index (κ1) is 10.8. The van der Waals surface area contributed by atoms with Gasteiger partial charge in [0.2, 0.25) is 0 Å². The summed E-state index contributed by atoms with van der Waals surface area (Å²) in [5.41, 5.74) is 2.67. The predicted octanol–water partition coefficient (Wildman–Crippen LogP) is 2.88. The zero-order valence-corrected chi connectivity index (χ0v) is 10.3. The van der Waals surface area contributed by atoms with Crippen LogP contribution in [0.5, 0.6) is 0 Å². The van der Waals surface area contributed by atoms with Gasteiger partial charge in [0.25, 0.3) is 0 Å². The summed E-state index contributed by atoms with van der Waals surface area (Å²) in [7, 11) is 2.09. The fourth-order valence-electron chi connectivity index (χ4n) is 3.13. The van der Waals surface area contributed by atoms with Gasteiger partial charge in [0.1, 0.15) is 0 Å². The first-order chi connectivity index (χ1) is 8.25. The van der Waals surface area contributed by atoms with Crippen molar-refractivity contribution in [3.05, 3.63) is 36.0 Å². The number of rotatable bonds is 2. The SMILES string of the molecule is Cn1cc(CC2CCCC2O)c2ccccc21. The van der Waals surface area contributed by atoms with Crippen LogP contribution in [0.2, 0.25) is 0 Å². The average molecular weight is 229 g/mol. The molecule has 17 heavy (non-hydrogen) atoms. The molecule has 1 N–H and O–H groups in total. The van der Waals surface area contributed by atoms with Crippen molar-refractivity contribution >= 4 is 10.9 Å². The molecule has 1 aromatic carbocycles. The highest BCUT2D eigenvalue weighted by molar-refractivity contribution is 5.83. The molecule has 1 aliphatic rings. The molecule has 2 atom stereocenters. The standard InChI is InChI=1S/C15H19NO/c1-16-10-12(9-11-5-4-8-15(11)17)13-6-2-3-7-14(13)16/h2-3,6-7,10-11,15,17H,4-5,8-9H2,1H3. The molecule has 0 amide bonds. The first-order valence-corrected chi connectivity index (χ1v) is 6.46. The number of aryl methyl sites for hydroxylation is 1. The number of nitrogens with zero attached hydrogens (tertiary/aromatic N) is 1. The lowest BCUT2D eigenvalue weighted by atomic mass is 9.96. The summed E-state index contributed by atoms with van der Waals surface area (Å²) in [5, 5.41) is 11.3. The molecule has 2 heteroatoms. The third-order valence-corrected chi connectivity index (χ3v) is 4.08. The highest BCUT2D eigenvalue weighted by Gasteiger charge is 2.26. The summed E-state index contributed by atoms with van der Waals surface area (Å²) < 4.78 is 2.19. The van der Waals surface area contributed by atoms with E-state index in [4.69, 9.17) is 0 Å². The molecule has 0 aliphatic heterocycles. The third kappa shape index (κ3) is 1.87. The molecule has 2 unspecified atom stereocenters. The highest BCUT2D eigenvalue weighted by Crippen LogP contribution is 2.31. The minimum Gasteiger partial charge on any atom is -0.393 e. The Hall–Kier alpha value is -1.28. The van der Waals surface area contributed by atoms with Crippen molar-refractivity contribution < 1.29 is 5.11 Å². The van der Waals surface area contributed by atoms with Crippen molar-refractivity contribution in [2.75, 3.05) is 0 Å². The summed E-state index contributed by atoms with van der Waals surface area (Å²) >= 11 is 0. The Morgan fingerprint density at radius 1 is 1.29 bits per heavy atom. The summed E-state index contributed by atoms with van der Waals surface area (Å²) in [6.07, 6.45) is 6.48. The van der Waals surface area contributed by atoms with Gasteiger partial charge in [-0.15, -0.1) is 0 Å². The fourth-order valence-corrected chi connectivity index (χ4v) is 3.13. The second-order valence-corrected chi connectivity index (χ2v) is 5.24. The summed E-state index contributed by atoms with van der Waals surface area (Å²) in [5.74, 6) is 0.459. The van der Waals surface area contributed by atoms with Crippen LogP contribution in [0.4, 0.5) is 0 Å². The molecule has 0 saturated heterocycles. The van der Waals surface area contributed by atoms with Crippen LogP contribution in [0, 0.1) is 5.92 Å². The fraction of sp³-hybridized carbons (Fsp3) is 0.467. The second kappa shape index (κ2) is 4.19. The molecule has 1 fully saturated rings. The monoisotopic (exact) mass is 229 g/mol. The van der Waals surface area contributed by atoms with Crippen molar-refractivity contribution in [1.29, 1.82) is 0 Å². The molecule has 2 nitrogen and oxygen atoms in total. The average Bonchev–Trinajstić information content (AvgIpc) is 2.87. The lowest BCUT2D eigenvalue weighted by molar-refractivity contribution is 0.133. The van der Waals surface area contributed by atoms with E-state index in [9.17, 15) is 5.11 Å². The van der Waals surface area contributed by atoms with E-state index in [0.29, 0.717) is 5.92 Å². The van der Waals surface area contributed by atoms with Crippen LogP contribution < -0.4 is 0 Å². The van der Waals surface area contributed by atoms with Gasteiger partial charge >= 0.3 is 0 Å². The molecular formula is C15H19NO. The van der Waals surface area contributed by atoms with Gasteiger partial charge in [0.05, 0.1) is 6.10 Å². The molecular weight excluding hydrogens is 210 g/mol. The Bertz CT molecular complexity index is 529. The number of aromatic nitrogens is 1. The van der Waals surface area contributed by atoms with Crippen LogP contribution >= 0.6 is 0 Å². The zero-order chi connectivity index (χ0) is 11.8. The summed E-state index contributed by atoms with van der Waals surface area (Å²) in [4.78, 5) is 0. The Labute approximate surface area is 102 Å². The number of hydrogen-bond acceptors (Lipinski definition) is 1. The van der Waals surface area contributed by atoms with Gasteiger partial charge in [-0.1, -0.05) is 24.6 Å². The van der Waals surface area contributed by atoms with Crippen LogP contribution in [0.1, 0.15) is 24.8 Å². The summed E-state index contributed by atoms with van der Waals surface area (Å²) in [6.45, 7) is 0. The highest BCUT2D eigenvalue weighted by atomic mass is 16.3. The van der Waals surface area contributed by atoms with Crippen molar-refractivity contribution in [3.8, 4) is 0 Å². The van der Waals surface area contributed by atoms with E-state index in [-0.39, 0.29) is 6.10 Å².